The van der Waals surface area contributed by atoms with Crippen LogP contribution in [0, 0.1) is 6.92 Å². The molecule has 9 nitrogen and oxygen atoms in total. The van der Waals surface area contributed by atoms with Gasteiger partial charge in [0.25, 0.3) is 0 Å². The van der Waals surface area contributed by atoms with Gasteiger partial charge in [-0.15, -0.1) is 0 Å². The molecule has 5 aromatic heterocycles. The molecule has 0 amide bonds. The average Bonchev–Trinajstić information content (AvgIpc) is 3.64. The van der Waals surface area contributed by atoms with Crippen molar-refractivity contribution < 1.29 is 4.74 Å². The summed E-state index contributed by atoms with van der Waals surface area (Å²) in [6.07, 6.45) is 7.50. The Balaban J connectivity index is 1.20. The lowest BCUT2D eigenvalue weighted by Crippen LogP contribution is -2.35. The number of aryl methyl sites for hydroxylation is 2. The normalized spacial score (nSPS) is 14.3. The van der Waals surface area contributed by atoms with Gasteiger partial charge in [0.1, 0.15) is 5.69 Å². The Kier molecular flexibility index (Phi) is 6.30. The van der Waals surface area contributed by atoms with Gasteiger partial charge < -0.3 is 9.30 Å². The Morgan fingerprint density at radius 1 is 0.900 bits per heavy atom. The van der Waals surface area contributed by atoms with Gasteiger partial charge in [0.05, 0.1) is 42.8 Å². The molecule has 6 heterocycles. The molecule has 40 heavy (non-hydrogen) atoms. The lowest BCUT2D eigenvalue weighted by atomic mass is 10.0. The number of benzene rings is 1. The summed E-state index contributed by atoms with van der Waals surface area (Å²) in [4.78, 5) is 21.0. The summed E-state index contributed by atoms with van der Waals surface area (Å²) in [5.74, 6) is 0. The molecule has 0 radical (unpaired) electrons. The minimum Gasteiger partial charge on any atom is -0.379 e. The van der Waals surface area contributed by atoms with Crippen molar-refractivity contribution in [3.8, 4) is 33.8 Å². The quantitative estimate of drug-likeness (QED) is 0.299. The second-order valence-electron chi connectivity index (χ2n) is 10.2. The number of imidazole rings is 2. The van der Waals surface area contributed by atoms with Gasteiger partial charge in [-0.2, -0.15) is 5.10 Å². The van der Waals surface area contributed by atoms with Crippen molar-refractivity contribution in [2.24, 2.45) is 0 Å². The van der Waals surface area contributed by atoms with Gasteiger partial charge in [-0.05, 0) is 49.2 Å². The van der Waals surface area contributed by atoms with Gasteiger partial charge in [0, 0.05) is 55.1 Å². The molecule has 0 saturated carbocycles. The van der Waals surface area contributed by atoms with Crippen molar-refractivity contribution in [1.82, 2.24) is 39.0 Å². The van der Waals surface area contributed by atoms with Crippen molar-refractivity contribution in [1.29, 1.82) is 0 Å². The topological polar surface area (TPSA) is 86.3 Å². The van der Waals surface area contributed by atoms with Crippen LogP contribution in [-0.4, -0.2) is 65.3 Å². The molecule has 0 bridgehead atoms. The number of nitrogens with zero attached hydrogens (tertiary/aromatic N) is 8. The van der Waals surface area contributed by atoms with Crippen LogP contribution < -0.4 is 0 Å². The first-order valence-corrected chi connectivity index (χ1v) is 13.7. The Labute approximate surface area is 232 Å². The highest BCUT2D eigenvalue weighted by molar-refractivity contribution is 5.93. The Hall–Kier alpha value is -4.47. The number of pyridine rings is 2. The zero-order valence-corrected chi connectivity index (χ0v) is 22.7. The molecular formula is C31H30N8O. The van der Waals surface area contributed by atoms with Crippen LogP contribution in [0.2, 0.25) is 0 Å². The third-order valence-corrected chi connectivity index (χ3v) is 7.59. The van der Waals surface area contributed by atoms with E-state index in [-0.39, 0.29) is 0 Å². The van der Waals surface area contributed by atoms with Crippen LogP contribution in [-0.2, 0) is 17.8 Å². The van der Waals surface area contributed by atoms with Crippen LogP contribution >= 0.6 is 0 Å². The molecular weight excluding hydrogens is 500 g/mol. The molecule has 1 saturated heterocycles. The highest BCUT2D eigenvalue weighted by atomic mass is 16.5. The predicted molar refractivity (Wildman–Crippen MR) is 155 cm³/mol. The number of hydrogen-bond donors (Lipinski definition) is 0. The van der Waals surface area contributed by atoms with E-state index in [9.17, 15) is 0 Å². The van der Waals surface area contributed by atoms with Crippen LogP contribution in [0.25, 0.3) is 50.5 Å². The summed E-state index contributed by atoms with van der Waals surface area (Å²) >= 11 is 0. The van der Waals surface area contributed by atoms with E-state index in [0.29, 0.717) is 5.65 Å². The maximum atomic E-state index is 5.47. The zero-order valence-electron chi connectivity index (χ0n) is 22.7. The van der Waals surface area contributed by atoms with Crippen molar-refractivity contribution in [2.45, 2.75) is 26.9 Å². The zero-order chi connectivity index (χ0) is 27.1. The smallest absolute Gasteiger partial charge is 0.160 e. The number of aromatic nitrogens is 7. The van der Waals surface area contributed by atoms with E-state index in [0.717, 1.165) is 89.9 Å². The fourth-order valence-electron chi connectivity index (χ4n) is 5.34. The van der Waals surface area contributed by atoms with E-state index in [4.69, 9.17) is 19.8 Å². The summed E-state index contributed by atoms with van der Waals surface area (Å²) in [6.45, 7) is 9.54. The molecule has 1 aromatic carbocycles. The third kappa shape index (κ3) is 4.53. The third-order valence-electron chi connectivity index (χ3n) is 7.59. The molecule has 7 rings (SSSR count). The molecule has 0 spiro atoms. The fourth-order valence-corrected chi connectivity index (χ4v) is 5.34. The molecule has 200 valence electrons. The summed E-state index contributed by atoms with van der Waals surface area (Å²) in [5.41, 5.74) is 9.47. The van der Waals surface area contributed by atoms with Crippen LogP contribution in [0.15, 0.2) is 73.4 Å². The first-order valence-electron chi connectivity index (χ1n) is 13.7. The molecule has 6 aromatic rings. The standard InChI is InChI=1S/C31H30N8O/c1-3-37-19-28(34-20-37)27-9-8-25-24(10-11-32-31(25)35-27)29-17-33-30-16-26(21(2)36-39(29)30)23-6-4-22(5-7-23)18-38-12-14-40-15-13-38/h4-11,16-17,19-20H,3,12-15,18H2,1-2H3. The lowest BCUT2D eigenvalue weighted by molar-refractivity contribution is 0.0342. The molecule has 0 unspecified atom stereocenters. The molecule has 0 atom stereocenters. The maximum Gasteiger partial charge on any atom is 0.160 e. The second-order valence-corrected chi connectivity index (χ2v) is 10.2. The Bertz CT molecular complexity index is 1820. The van der Waals surface area contributed by atoms with Gasteiger partial charge in [-0.25, -0.2) is 24.5 Å². The molecule has 0 N–H and O–H groups in total. The molecule has 1 fully saturated rings. The minimum atomic E-state index is 0.668. The molecule has 0 aliphatic carbocycles. The van der Waals surface area contributed by atoms with E-state index >= 15 is 0 Å². The first kappa shape index (κ1) is 24.6. The van der Waals surface area contributed by atoms with Crippen molar-refractivity contribution in [2.75, 3.05) is 26.3 Å². The average molecular weight is 531 g/mol. The van der Waals surface area contributed by atoms with Crippen molar-refractivity contribution in [3.63, 3.8) is 0 Å². The van der Waals surface area contributed by atoms with E-state index in [2.05, 4.69) is 58.2 Å². The number of rotatable bonds is 6. The summed E-state index contributed by atoms with van der Waals surface area (Å²) in [6, 6.07) is 17.0. The predicted octanol–water partition coefficient (Wildman–Crippen LogP) is 5.03. The van der Waals surface area contributed by atoms with Crippen molar-refractivity contribution >= 4 is 16.7 Å². The first-order chi connectivity index (χ1) is 19.7. The minimum absolute atomic E-state index is 0.668. The summed E-state index contributed by atoms with van der Waals surface area (Å²) in [5, 5.41) is 5.91. The van der Waals surface area contributed by atoms with Gasteiger partial charge in [0.2, 0.25) is 0 Å². The van der Waals surface area contributed by atoms with E-state index in [1.54, 1.807) is 6.20 Å². The number of ether oxygens (including phenoxy) is 1. The maximum absolute atomic E-state index is 5.47. The Morgan fingerprint density at radius 2 is 1.75 bits per heavy atom. The summed E-state index contributed by atoms with van der Waals surface area (Å²) < 4.78 is 9.42. The highest BCUT2D eigenvalue weighted by Crippen LogP contribution is 2.31. The highest BCUT2D eigenvalue weighted by Gasteiger charge is 2.16. The monoisotopic (exact) mass is 530 g/mol. The van der Waals surface area contributed by atoms with Crippen LogP contribution in [0.3, 0.4) is 0 Å². The summed E-state index contributed by atoms with van der Waals surface area (Å²) in [7, 11) is 0. The lowest BCUT2D eigenvalue weighted by Gasteiger charge is -2.26. The van der Waals surface area contributed by atoms with Crippen LogP contribution in [0.5, 0.6) is 0 Å². The Morgan fingerprint density at radius 3 is 2.55 bits per heavy atom. The van der Waals surface area contributed by atoms with Crippen LogP contribution in [0.4, 0.5) is 0 Å². The second kappa shape index (κ2) is 10.3. The van der Waals surface area contributed by atoms with E-state index in [1.807, 2.05) is 46.9 Å². The number of hydrogen-bond acceptors (Lipinski definition) is 7. The SMILES string of the molecule is CCn1cnc(-c2ccc3c(-c4cnc5cc(-c6ccc(CN7CCOCC7)cc6)c(C)nn45)ccnc3n2)c1. The number of fused-ring (bicyclic) bond motifs is 2. The van der Waals surface area contributed by atoms with Crippen molar-refractivity contribution in [3.05, 3.63) is 84.7 Å². The molecule has 9 heteroatoms. The van der Waals surface area contributed by atoms with Gasteiger partial charge in [-0.3, -0.25) is 4.90 Å². The molecule has 1 aliphatic heterocycles. The van der Waals surface area contributed by atoms with E-state index in [1.165, 1.54) is 5.56 Å². The largest absolute Gasteiger partial charge is 0.379 e. The van der Waals surface area contributed by atoms with E-state index < -0.39 is 0 Å². The van der Waals surface area contributed by atoms with Gasteiger partial charge >= 0.3 is 0 Å². The van der Waals surface area contributed by atoms with Gasteiger partial charge in [-0.1, -0.05) is 24.3 Å². The molecule has 1 aliphatic rings. The number of morpholine rings is 1. The van der Waals surface area contributed by atoms with Crippen LogP contribution in [0.1, 0.15) is 18.2 Å². The fraction of sp³-hybridized carbons (Fsp3) is 0.258. The van der Waals surface area contributed by atoms with Gasteiger partial charge in [0.15, 0.2) is 11.3 Å².